The van der Waals surface area contributed by atoms with Gasteiger partial charge in [-0.2, -0.15) is 0 Å². The molecule has 0 saturated heterocycles. The predicted molar refractivity (Wildman–Crippen MR) is 104 cm³/mol. The van der Waals surface area contributed by atoms with Crippen molar-refractivity contribution in [3.63, 3.8) is 0 Å². The highest BCUT2D eigenvalue weighted by Gasteiger charge is 2.06. The lowest BCUT2D eigenvalue weighted by molar-refractivity contribution is 0.251. The summed E-state index contributed by atoms with van der Waals surface area (Å²) in [5, 5.41) is 5.72. The Hall–Kier alpha value is -3.21. The Kier molecular flexibility index (Phi) is 5.59. The van der Waals surface area contributed by atoms with E-state index in [1.165, 1.54) is 11.1 Å². The van der Waals surface area contributed by atoms with Gasteiger partial charge in [0.2, 0.25) is 0 Å². The second kappa shape index (κ2) is 8.25. The van der Waals surface area contributed by atoms with Crippen LogP contribution in [0.1, 0.15) is 16.8 Å². The minimum Gasteiger partial charge on any atom is -0.497 e. The van der Waals surface area contributed by atoms with Crippen molar-refractivity contribution in [2.75, 3.05) is 12.4 Å². The fraction of sp³-hybridized carbons (Fsp3) is 0.190. The highest BCUT2D eigenvalue weighted by molar-refractivity contribution is 5.89. The van der Waals surface area contributed by atoms with Gasteiger partial charge in [-0.25, -0.2) is 4.79 Å². The number of hydrogen-bond acceptors (Lipinski definition) is 2. The van der Waals surface area contributed by atoms with Crippen molar-refractivity contribution >= 4 is 11.7 Å². The van der Waals surface area contributed by atoms with E-state index < -0.39 is 0 Å². The molecule has 0 aliphatic carbocycles. The third kappa shape index (κ3) is 4.66. The molecule has 0 aliphatic heterocycles. The number of carbonyl (C=O) groups is 1. The Morgan fingerprint density at radius 2 is 1.88 bits per heavy atom. The van der Waals surface area contributed by atoms with Gasteiger partial charge < -0.3 is 19.9 Å². The van der Waals surface area contributed by atoms with Crippen molar-refractivity contribution in [2.45, 2.75) is 20.0 Å². The average Bonchev–Trinajstić information content (AvgIpc) is 3.08. The van der Waals surface area contributed by atoms with Gasteiger partial charge in [-0.3, -0.25) is 0 Å². The molecule has 1 aromatic heterocycles. The Morgan fingerprint density at radius 1 is 1.08 bits per heavy atom. The summed E-state index contributed by atoms with van der Waals surface area (Å²) in [6, 6.07) is 19.4. The quantitative estimate of drug-likeness (QED) is 0.701. The monoisotopic (exact) mass is 349 g/mol. The van der Waals surface area contributed by atoms with Crippen LogP contribution in [0.3, 0.4) is 0 Å². The molecule has 2 amide bonds. The molecule has 1 heterocycles. The molecule has 0 spiro atoms. The van der Waals surface area contributed by atoms with Gasteiger partial charge >= 0.3 is 6.03 Å². The summed E-state index contributed by atoms with van der Waals surface area (Å²) in [6.45, 7) is 3.33. The summed E-state index contributed by atoms with van der Waals surface area (Å²) in [5.41, 5.74) is 4.26. The normalized spacial score (nSPS) is 10.4. The molecule has 0 atom stereocenters. The lowest BCUT2D eigenvalue weighted by Crippen LogP contribution is -2.29. The maximum Gasteiger partial charge on any atom is 0.319 e. The zero-order valence-corrected chi connectivity index (χ0v) is 15.0. The number of anilines is 1. The molecule has 0 unspecified atom stereocenters. The summed E-state index contributed by atoms with van der Waals surface area (Å²) >= 11 is 0. The summed E-state index contributed by atoms with van der Waals surface area (Å²) in [4.78, 5) is 12.1. The standard InChI is InChI=1S/C21H23N3O2/c1-16-5-3-6-17(13-16)15-24-12-4-7-19(24)14-22-21(25)23-18-8-10-20(26-2)11-9-18/h3-13H,14-15H2,1-2H3,(H2,22,23,25). The molecule has 5 heteroatoms. The van der Waals surface area contributed by atoms with Crippen LogP contribution in [0.5, 0.6) is 5.75 Å². The van der Waals surface area contributed by atoms with Crippen molar-refractivity contribution < 1.29 is 9.53 Å². The number of methoxy groups -OCH3 is 1. The van der Waals surface area contributed by atoms with Gasteiger partial charge in [0.15, 0.2) is 0 Å². The molecule has 134 valence electrons. The first kappa shape index (κ1) is 17.6. The predicted octanol–water partition coefficient (Wildman–Crippen LogP) is 4.18. The summed E-state index contributed by atoms with van der Waals surface area (Å²) in [6.07, 6.45) is 2.03. The number of hydrogen-bond donors (Lipinski definition) is 2. The fourth-order valence-electron chi connectivity index (χ4n) is 2.79. The van der Waals surface area contributed by atoms with Crippen LogP contribution in [0.2, 0.25) is 0 Å². The van der Waals surface area contributed by atoms with E-state index in [9.17, 15) is 4.79 Å². The number of nitrogens with one attached hydrogen (secondary N) is 2. The Bertz CT molecular complexity index is 869. The van der Waals surface area contributed by atoms with E-state index in [0.29, 0.717) is 6.54 Å². The second-order valence-corrected chi connectivity index (χ2v) is 6.15. The second-order valence-electron chi connectivity index (χ2n) is 6.15. The molecular weight excluding hydrogens is 326 g/mol. The highest BCUT2D eigenvalue weighted by atomic mass is 16.5. The van der Waals surface area contributed by atoms with E-state index >= 15 is 0 Å². The number of urea groups is 1. The largest absolute Gasteiger partial charge is 0.497 e. The van der Waals surface area contributed by atoms with Crippen molar-refractivity contribution in [3.05, 3.63) is 83.7 Å². The van der Waals surface area contributed by atoms with E-state index in [4.69, 9.17) is 4.74 Å². The third-order valence-electron chi connectivity index (χ3n) is 4.14. The number of amides is 2. The number of benzene rings is 2. The molecule has 5 nitrogen and oxygen atoms in total. The Labute approximate surface area is 153 Å². The van der Waals surface area contributed by atoms with E-state index in [-0.39, 0.29) is 6.03 Å². The summed E-state index contributed by atoms with van der Waals surface area (Å²) in [7, 11) is 1.61. The van der Waals surface area contributed by atoms with Gasteiger partial charge in [-0.05, 0) is 48.9 Å². The zero-order valence-electron chi connectivity index (χ0n) is 15.0. The smallest absolute Gasteiger partial charge is 0.319 e. The van der Waals surface area contributed by atoms with E-state index in [0.717, 1.165) is 23.7 Å². The summed E-state index contributed by atoms with van der Waals surface area (Å²) < 4.78 is 7.25. The molecule has 26 heavy (non-hydrogen) atoms. The number of ether oxygens (including phenoxy) is 1. The van der Waals surface area contributed by atoms with Crippen molar-refractivity contribution in [3.8, 4) is 5.75 Å². The molecule has 0 bridgehead atoms. The molecule has 2 aromatic carbocycles. The van der Waals surface area contributed by atoms with Crippen molar-refractivity contribution in [1.82, 2.24) is 9.88 Å². The first-order chi connectivity index (χ1) is 12.6. The molecule has 2 N–H and O–H groups in total. The van der Waals surface area contributed by atoms with Gasteiger partial charge in [-0.15, -0.1) is 0 Å². The summed E-state index contributed by atoms with van der Waals surface area (Å²) in [5.74, 6) is 0.755. The molecule has 3 aromatic rings. The van der Waals surface area contributed by atoms with Crippen LogP contribution in [0.4, 0.5) is 10.5 Å². The SMILES string of the molecule is COc1ccc(NC(=O)NCc2cccn2Cc2cccc(C)c2)cc1. The molecule has 0 radical (unpaired) electrons. The van der Waals surface area contributed by atoms with E-state index in [1.54, 1.807) is 19.2 Å². The van der Waals surface area contributed by atoms with Crippen molar-refractivity contribution in [1.29, 1.82) is 0 Å². The Balaban J connectivity index is 1.56. The maximum atomic E-state index is 12.1. The van der Waals surface area contributed by atoms with Gasteiger partial charge in [-0.1, -0.05) is 29.8 Å². The van der Waals surface area contributed by atoms with Crippen LogP contribution in [0.15, 0.2) is 66.9 Å². The molecule has 0 fully saturated rings. The fourth-order valence-corrected chi connectivity index (χ4v) is 2.79. The van der Waals surface area contributed by atoms with E-state index in [2.05, 4.69) is 46.4 Å². The minimum absolute atomic E-state index is 0.238. The lowest BCUT2D eigenvalue weighted by Gasteiger charge is -2.12. The molecule has 0 aliphatic rings. The van der Waals surface area contributed by atoms with Crippen molar-refractivity contribution in [2.24, 2.45) is 0 Å². The van der Waals surface area contributed by atoms with Crippen LogP contribution in [-0.4, -0.2) is 17.7 Å². The van der Waals surface area contributed by atoms with Crippen LogP contribution in [-0.2, 0) is 13.1 Å². The van der Waals surface area contributed by atoms with Crippen LogP contribution < -0.4 is 15.4 Å². The van der Waals surface area contributed by atoms with Crippen LogP contribution >= 0.6 is 0 Å². The topological polar surface area (TPSA) is 55.3 Å². The average molecular weight is 349 g/mol. The minimum atomic E-state index is -0.238. The van der Waals surface area contributed by atoms with Crippen LogP contribution in [0.25, 0.3) is 0 Å². The number of carbonyl (C=O) groups excluding carboxylic acids is 1. The number of aryl methyl sites for hydroxylation is 1. The third-order valence-corrected chi connectivity index (χ3v) is 4.14. The lowest BCUT2D eigenvalue weighted by atomic mass is 10.1. The number of rotatable bonds is 6. The first-order valence-electron chi connectivity index (χ1n) is 8.52. The maximum absolute atomic E-state index is 12.1. The molecule has 3 rings (SSSR count). The number of nitrogens with zero attached hydrogens (tertiary/aromatic N) is 1. The van der Waals surface area contributed by atoms with Gasteiger partial charge in [0.05, 0.1) is 13.7 Å². The van der Waals surface area contributed by atoms with E-state index in [1.807, 2.05) is 30.5 Å². The Morgan fingerprint density at radius 3 is 2.62 bits per heavy atom. The van der Waals surface area contributed by atoms with Crippen LogP contribution in [0, 0.1) is 6.92 Å². The molecular formula is C21H23N3O2. The molecule has 0 saturated carbocycles. The van der Waals surface area contributed by atoms with Gasteiger partial charge in [0, 0.05) is 24.1 Å². The highest BCUT2D eigenvalue weighted by Crippen LogP contribution is 2.15. The van der Waals surface area contributed by atoms with Gasteiger partial charge in [0.1, 0.15) is 5.75 Å². The first-order valence-corrected chi connectivity index (χ1v) is 8.52. The number of aromatic nitrogens is 1. The van der Waals surface area contributed by atoms with Gasteiger partial charge in [0.25, 0.3) is 0 Å². The zero-order chi connectivity index (χ0) is 18.4.